The van der Waals surface area contributed by atoms with Crippen LogP contribution in [0.25, 0.3) is 0 Å². The van der Waals surface area contributed by atoms with Crippen molar-refractivity contribution in [3.8, 4) is 0 Å². The molecule has 0 unspecified atom stereocenters. The number of anilines is 1. The van der Waals surface area contributed by atoms with Crippen molar-refractivity contribution in [2.75, 3.05) is 18.4 Å². The Balaban J connectivity index is 2.66. The molecule has 0 spiro atoms. The second kappa shape index (κ2) is 6.07. The SMILES string of the molecule is Cc1c(NCCCCN)cccc1[N+](=O)[O-]. The first-order valence-electron chi connectivity index (χ1n) is 5.34. The number of nitro groups is 1. The summed E-state index contributed by atoms with van der Waals surface area (Å²) in [6.07, 6.45) is 1.93. The molecule has 0 aliphatic rings. The van der Waals surface area contributed by atoms with Crippen molar-refractivity contribution in [1.29, 1.82) is 0 Å². The largest absolute Gasteiger partial charge is 0.385 e. The zero-order valence-corrected chi connectivity index (χ0v) is 9.40. The van der Waals surface area contributed by atoms with E-state index in [1.807, 2.05) is 6.07 Å². The number of hydrogen-bond acceptors (Lipinski definition) is 4. The second-order valence-corrected chi connectivity index (χ2v) is 3.63. The molecular weight excluding hydrogens is 206 g/mol. The van der Waals surface area contributed by atoms with Crippen LogP contribution in [0.2, 0.25) is 0 Å². The predicted octanol–water partition coefficient (Wildman–Crippen LogP) is 2.05. The molecule has 1 rings (SSSR count). The minimum atomic E-state index is -0.361. The van der Waals surface area contributed by atoms with Gasteiger partial charge in [-0.1, -0.05) is 6.07 Å². The number of benzene rings is 1. The Labute approximate surface area is 94.8 Å². The Morgan fingerprint density at radius 2 is 2.19 bits per heavy atom. The highest BCUT2D eigenvalue weighted by Crippen LogP contribution is 2.24. The Morgan fingerprint density at radius 3 is 2.81 bits per heavy atom. The third-order valence-electron chi connectivity index (χ3n) is 2.45. The van der Waals surface area contributed by atoms with Crippen LogP contribution < -0.4 is 11.1 Å². The molecule has 0 fully saturated rings. The van der Waals surface area contributed by atoms with Gasteiger partial charge in [-0.3, -0.25) is 10.1 Å². The molecule has 1 aromatic carbocycles. The summed E-state index contributed by atoms with van der Waals surface area (Å²) in [6.45, 7) is 3.22. The Kier molecular flexibility index (Phi) is 4.72. The van der Waals surface area contributed by atoms with E-state index in [9.17, 15) is 10.1 Å². The van der Waals surface area contributed by atoms with Gasteiger partial charge < -0.3 is 11.1 Å². The Bertz CT molecular complexity index is 366. The first-order chi connectivity index (χ1) is 7.66. The normalized spacial score (nSPS) is 10.1. The first-order valence-corrected chi connectivity index (χ1v) is 5.34. The fraction of sp³-hybridized carbons (Fsp3) is 0.455. The van der Waals surface area contributed by atoms with Crippen LogP contribution >= 0.6 is 0 Å². The van der Waals surface area contributed by atoms with E-state index in [-0.39, 0.29) is 10.6 Å². The van der Waals surface area contributed by atoms with Crippen LogP contribution in [-0.4, -0.2) is 18.0 Å². The van der Waals surface area contributed by atoms with E-state index in [0.717, 1.165) is 25.1 Å². The van der Waals surface area contributed by atoms with E-state index >= 15 is 0 Å². The molecule has 0 aliphatic carbocycles. The van der Waals surface area contributed by atoms with Crippen LogP contribution in [0.3, 0.4) is 0 Å². The molecule has 0 amide bonds. The fourth-order valence-corrected chi connectivity index (χ4v) is 1.51. The van der Waals surface area contributed by atoms with Crippen molar-refractivity contribution in [2.45, 2.75) is 19.8 Å². The molecule has 0 saturated heterocycles. The third kappa shape index (κ3) is 3.20. The lowest BCUT2D eigenvalue weighted by Gasteiger charge is -2.08. The topological polar surface area (TPSA) is 81.2 Å². The average molecular weight is 223 g/mol. The zero-order valence-electron chi connectivity index (χ0n) is 9.40. The highest BCUT2D eigenvalue weighted by atomic mass is 16.6. The summed E-state index contributed by atoms with van der Waals surface area (Å²) in [7, 11) is 0. The number of rotatable bonds is 6. The van der Waals surface area contributed by atoms with Gasteiger partial charge in [-0.2, -0.15) is 0 Å². The number of nitro benzene ring substituents is 1. The van der Waals surface area contributed by atoms with Crippen LogP contribution in [0.4, 0.5) is 11.4 Å². The summed E-state index contributed by atoms with van der Waals surface area (Å²) < 4.78 is 0. The maximum Gasteiger partial charge on any atom is 0.274 e. The number of unbranched alkanes of at least 4 members (excludes halogenated alkanes) is 1. The standard InChI is InChI=1S/C11H17N3O2/c1-9-10(13-8-3-2-7-12)5-4-6-11(9)14(15)16/h4-6,13H,2-3,7-8,12H2,1H3. The summed E-state index contributed by atoms with van der Waals surface area (Å²) in [5.41, 5.74) is 7.05. The maximum absolute atomic E-state index is 10.7. The van der Waals surface area contributed by atoms with Crippen molar-refractivity contribution in [1.82, 2.24) is 0 Å². The number of nitrogens with one attached hydrogen (secondary N) is 1. The van der Waals surface area contributed by atoms with E-state index in [1.165, 1.54) is 6.07 Å². The lowest BCUT2D eigenvalue weighted by Crippen LogP contribution is -2.07. The van der Waals surface area contributed by atoms with Crippen molar-refractivity contribution < 1.29 is 4.92 Å². The molecule has 0 aliphatic heterocycles. The van der Waals surface area contributed by atoms with Crippen LogP contribution in [0.5, 0.6) is 0 Å². The Morgan fingerprint density at radius 1 is 1.44 bits per heavy atom. The highest BCUT2D eigenvalue weighted by Gasteiger charge is 2.12. The van der Waals surface area contributed by atoms with Gasteiger partial charge in [-0.15, -0.1) is 0 Å². The summed E-state index contributed by atoms with van der Waals surface area (Å²) >= 11 is 0. The lowest BCUT2D eigenvalue weighted by atomic mass is 10.1. The van der Waals surface area contributed by atoms with E-state index in [0.29, 0.717) is 12.1 Å². The highest BCUT2D eigenvalue weighted by molar-refractivity contribution is 5.59. The average Bonchev–Trinajstić information content (AvgIpc) is 2.26. The number of nitrogens with two attached hydrogens (primary N) is 1. The van der Waals surface area contributed by atoms with Gasteiger partial charge >= 0.3 is 0 Å². The summed E-state index contributed by atoms with van der Waals surface area (Å²) in [5, 5.41) is 13.9. The fourth-order valence-electron chi connectivity index (χ4n) is 1.51. The molecular formula is C11H17N3O2. The molecule has 0 heterocycles. The summed E-state index contributed by atoms with van der Waals surface area (Å²) in [4.78, 5) is 10.4. The molecule has 0 aromatic heterocycles. The summed E-state index contributed by atoms with van der Waals surface area (Å²) in [6, 6.07) is 5.06. The van der Waals surface area contributed by atoms with Crippen LogP contribution in [0.1, 0.15) is 18.4 Å². The second-order valence-electron chi connectivity index (χ2n) is 3.63. The summed E-state index contributed by atoms with van der Waals surface area (Å²) in [5.74, 6) is 0. The van der Waals surface area contributed by atoms with E-state index in [4.69, 9.17) is 5.73 Å². The lowest BCUT2D eigenvalue weighted by molar-refractivity contribution is -0.385. The van der Waals surface area contributed by atoms with Crippen molar-refractivity contribution in [3.63, 3.8) is 0 Å². The Hall–Kier alpha value is -1.62. The smallest absolute Gasteiger partial charge is 0.274 e. The van der Waals surface area contributed by atoms with Crippen molar-refractivity contribution in [3.05, 3.63) is 33.9 Å². The first kappa shape index (κ1) is 12.4. The van der Waals surface area contributed by atoms with Crippen LogP contribution in [0.15, 0.2) is 18.2 Å². The minimum absolute atomic E-state index is 0.156. The molecule has 88 valence electrons. The van der Waals surface area contributed by atoms with E-state index in [1.54, 1.807) is 13.0 Å². The number of hydrogen-bond donors (Lipinski definition) is 2. The van der Waals surface area contributed by atoms with Gasteiger partial charge in [0, 0.05) is 23.9 Å². The molecule has 0 bridgehead atoms. The molecule has 0 atom stereocenters. The van der Waals surface area contributed by atoms with Crippen LogP contribution in [0, 0.1) is 17.0 Å². The van der Waals surface area contributed by atoms with Gasteiger partial charge in [0.05, 0.1) is 4.92 Å². The van der Waals surface area contributed by atoms with E-state index < -0.39 is 0 Å². The van der Waals surface area contributed by atoms with Crippen LogP contribution in [-0.2, 0) is 0 Å². The number of nitrogens with zero attached hydrogens (tertiary/aromatic N) is 1. The molecule has 5 nitrogen and oxygen atoms in total. The maximum atomic E-state index is 10.7. The quantitative estimate of drug-likeness (QED) is 0.439. The van der Waals surface area contributed by atoms with Crippen molar-refractivity contribution in [2.24, 2.45) is 5.73 Å². The predicted molar refractivity (Wildman–Crippen MR) is 64.6 cm³/mol. The molecule has 5 heteroatoms. The van der Waals surface area contributed by atoms with Gasteiger partial charge in [-0.05, 0) is 32.4 Å². The van der Waals surface area contributed by atoms with E-state index in [2.05, 4.69) is 5.32 Å². The molecule has 1 aromatic rings. The molecule has 16 heavy (non-hydrogen) atoms. The molecule has 0 saturated carbocycles. The van der Waals surface area contributed by atoms with Gasteiger partial charge in [0.2, 0.25) is 0 Å². The third-order valence-corrected chi connectivity index (χ3v) is 2.45. The molecule has 0 radical (unpaired) electrons. The van der Waals surface area contributed by atoms with Crippen molar-refractivity contribution >= 4 is 11.4 Å². The van der Waals surface area contributed by atoms with Gasteiger partial charge in [0.25, 0.3) is 5.69 Å². The monoisotopic (exact) mass is 223 g/mol. The zero-order chi connectivity index (χ0) is 12.0. The van der Waals surface area contributed by atoms with Gasteiger partial charge in [0.15, 0.2) is 0 Å². The van der Waals surface area contributed by atoms with Gasteiger partial charge in [-0.25, -0.2) is 0 Å². The molecule has 3 N–H and O–H groups in total. The minimum Gasteiger partial charge on any atom is -0.385 e. The van der Waals surface area contributed by atoms with Gasteiger partial charge in [0.1, 0.15) is 0 Å².